The molecule has 0 aliphatic carbocycles. The summed E-state index contributed by atoms with van der Waals surface area (Å²) < 4.78 is 38.1. The van der Waals surface area contributed by atoms with E-state index in [1.54, 1.807) is 0 Å². The van der Waals surface area contributed by atoms with Crippen LogP contribution in [0.4, 0.5) is 0 Å². The summed E-state index contributed by atoms with van der Waals surface area (Å²) in [6, 6.07) is 162. The van der Waals surface area contributed by atoms with E-state index in [-0.39, 0.29) is 0 Å². The van der Waals surface area contributed by atoms with E-state index in [4.69, 9.17) is 71.4 Å². The molecule has 0 N–H and O–H groups in total. The third-order valence-electron chi connectivity index (χ3n) is 26.3. The van der Waals surface area contributed by atoms with Gasteiger partial charge in [-0.25, -0.2) is 44.9 Å². The maximum Gasteiger partial charge on any atom is 0.228 e. The predicted octanol–water partition coefficient (Wildman–Crippen LogP) is 34.2. The number of furan rings is 3. The van der Waals surface area contributed by atoms with Crippen LogP contribution in [0.3, 0.4) is 0 Å². The van der Waals surface area contributed by atoms with Crippen molar-refractivity contribution in [3.05, 3.63) is 479 Å². The molecular formula is C129H79N9O6. The van der Waals surface area contributed by atoms with Gasteiger partial charge < -0.3 is 26.5 Å². The van der Waals surface area contributed by atoms with Gasteiger partial charge in [0.25, 0.3) is 0 Å². The van der Waals surface area contributed by atoms with Crippen molar-refractivity contribution in [3.8, 4) is 181 Å². The van der Waals surface area contributed by atoms with Crippen molar-refractivity contribution in [2.24, 2.45) is 0 Å². The molecule has 15 nitrogen and oxygen atoms in total. The van der Waals surface area contributed by atoms with E-state index in [1.165, 1.54) is 11.1 Å². The van der Waals surface area contributed by atoms with Crippen molar-refractivity contribution in [3.63, 3.8) is 0 Å². The molecule has 0 aliphatic heterocycles. The summed E-state index contributed by atoms with van der Waals surface area (Å²) in [7, 11) is 0. The Morgan fingerprint density at radius 3 is 0.646 bits per heavy atom. The van der Waals surface area contributed by atoms with Gasteiger partial charge in [0.05, 0.1) is 34.2 Å². The van der Waals surface area contributed by atoms with Crippen LogP contribution in [0.15, 0.2) is 506 Å². The van der Waals surface area contributed by atoms with Crippen LogP contribution < -0.4 is 0 Å². The van der Waals surface area contributed by atoms with E-state index >= 15 is 0 Å². The lowest BCUT2D eigenvalue weighted by atomic mass is 9.98. The highest BCUT2D eigenvalue weighted by molar-refractivity contribution is 6.20. The Hall–Kier alpha value is -19.8. The molecule has 9 heterocycles. The van der Waals surface area contributed by atoms with Crippen LogP contribution in [0.2, 0.25) is 0 Å². The molecule has 676 valence electrons. The Morgan fingerprint density at radius 2 is 0.326 bits per heavy atom. The molecule has 15 heteroatoms. The number of hydrogen-bond acceptors (Lipinski definition) is 15. The highest BCUT2D eigenvalue weighted by Gasteiger charge is 2.28. The first-order chi connectivity index (χ1) is 71.3. The summed E-state index contributed by atoms with van der Waals surface area (Å²) in [6.45, 7) is 0. The summed E-state index contributed by atoms with van der Waals surface area (Å²) in [5, 5.41) is 5.67. The van der Waals surface area contributed by atoms with Crippen LogP contribution in [-0.2, 0) is 0 Å². The zero-order chi connectivity index (χ0) is 95.3. The molecule has 28 rings (SSSR count). The molecule has 19 aromatic carbocycles. The zero-order valence-corrected chi connectivity index (χ0v) is 77.1. The van der Waals surface area contributed by atoms with Crippen molar-refractivity contribution < 1.29 is 26.5 Å². The van der Waals surface area contributed by atoms with Gasteiger partial charge in [-0.1, -0.05) is 358 Å². The van der Waals surface area contributed by atoms with Crippen LogP contribution >= 0.6 is 0 Å². The molecule has 0 atom stereocenters. The lowest BCUT2D eigenvalue weighted by molar-refractivity contribution is 0.620. The quantitative estimate of drug-likeness (QED) is 0.0885. The molecule has 0 aliphatic rings. The second-order valence-electron chi connectivity index (χ2n) is 35.2. The lowest BCUT2D eigenvalue weighted by Crippen LogP contribution is -1.96. The summed E-state index contributed by atoms with van der Waals surface area (Å²) in [4.78, 5) is 45.5. The first-order valence-electron chi connectivity index (χ1n) is 47.7. The van der Waals surface area contributed by atoms with Crippen molar-refractivity contribution in [2.45, 2.75) is 0 Å². The molecule has 0 saturated carbocycles. The van der Waals surface area contributed by atoms with Crippen LogP contribution in [0.25, 0.3) is 280 Å². The van der Waals surface area contributed by atoms with Crippen molar-refractivity contribution in [1.29, 1.82) is 0 Å². The number of fused-ring (bicyclic) bond motifs is 12. The Labute approximate surface area is 824 Å². The Kier molecular flexibility index (Phi) is 21.5. The van der Waals surface area contributed by atoms with E-state index in [9.17, 15) is 0 Å². The van der Waals surface area contributed by atoms with Crippen LogP contribution in [-0.4, -0.2) is 44.9 Å². The topological polar surface area (TPSA) is 195 Å². The van der Waals surface area contributed by atoms with E-state index in [2.05, 4.69) is 231 Å². The second kappa shape index (κ2) is 36.6. The molecule has 0 radical (unpaired) electrons. The molecule has 0 saturated heterocycles. The highest BCUT2D eigenvalue weighted by atomic mass is 16.4. The minimum absolute atomic E-state index is 0.546. The Balaban J connectivity index is 0.000000110. The maximum absolute atomic E-state index is 6.49. The number of aromatic nitrogens is 9. The van der Waals surface area contributed by atoms with Crippen molar-refractivity contribution in [1.82, 2.24) is 44.9 Å². The minimum Gasteiger partial charge on any atom is -0.456 e. The SMILES string of the molecule is c1ccc(-c2ccc(-c3cc(-c4cccc5oc6cccc(-c7nc8ccccc8o7)c6c45)nc(-c4cccc(-c5ccccc5)c4)n3)cc2)cc1.c1ccc(-c2ccc(-c3cc(-c4cccc5oc6cccc(-c7nc8ccccc8o7)c6c45)nc(-c4ccccc4)n3)cc2)cc1.c1ccc(-c2cccc(-c3cc(-c4cccc5oc6cccc(-c7nc8ccccc8o7)c6c45)nc(-c4ccccc4)n3)c2)cc1. The number of hydrogen-bond donors (Lipinski definition) is 0. The van der Waals surface area contributed by atoms with Gasteiger partial charge in [-0.3, -0.25) is 0 Å². The fraction of sp³-hybridized carbons (Fsp3) is 0. The number of para-hydroxylation sites is 6. The van der Waals surface area contributed by atoms with Gasteiger partial charge in [0, 0.05) is 99.1 Å². The van der Waals surface area contributed by atoms with Gasteiger partial charge in [-0.15, -0.1) is 0 Å². The van der Waals surface area contributed by atoms with E-state index in [1.807, 2.05) is 249 Å². The average molecular weight is 1850 g/mol. The predicted molar refractivity (Wildman–Crippen MR) is 578 cm³/mol. The number of benzene rings is 19. The summed E-state index contributed by atoms with van der Waals surface area (Å²) >= 11 is 0. The van der Waals surface area contributed by atoms with Gasteiger partial charge in [0.2, 0.25) is 17.7 Å². The summed E-state index contributed by atoms with van der Waals surface area (Å²) in [6.07, 6.45) is 0. The average Bonchev–Trinajstić information content (AvgIpc) is 1.59. The first kappa shape index (κ1) is 84.7. The minimum atomic E-state index is 0.546. The third-order valence-corrected chi connectivity index (χ3v) is 26.3. The van der Waals surface area contributed by atoms with Gasteiger partial charge in [0.15, 0.2) is 34.2 Å². The molecule has 0 bridgehead atoms. The highest BCUT2D eigenvalue weighted by Crippen LogP contribution is 2.48. The molecule has 0 amide bonds. The normalized spacial score (nSPS) is 11.5. The number of oxazole rings is 3. The second-order valence-corrected chi connectivity index (χ2v) is 35.2. The van der Waals surface area contributed by atoms with Gasteiger partial charge in [-0.05, 0) is 166 Å². The molecule has 0 fully saturated rings. The molecular weight excluding hydrogens is 1770 g/mol. The molecule has 28 aromatic rings. The molecule has 9 aromatic heterocycles. The van der Waals surface area contributed by atoms with E-state index < -0.39 is 0 Å². The van der Waals surface area contributed by atoms with Gasteiger partial charge >= 0.3 is 0 Å². The monoisotopic (exact) mass is 1850 g/mol. The lowest BCUT2D eigenvalue weighted by Gasteiger charge is -2.12. The summed E-state index contributed by atoms with van der Waals surface area (Å²) in [5.74, 6) is 3.60. The third kappa shape index (κ3) is 16.2. The Morgan fingerprint density at radius 1 is 0.118 bits per heavy atom. The Bertz CT molecular complexity index is 9610. The maximum atomic E-state index is 6.49. The summed E-state index contributed by atoms with van der Waals surface area (Å²) in [5.41, 5.74) is 34.6. The van der Waals surface area contributed by atoms with Crippen LogP contribution in [0.1, 0.15) is 0 Å². The fourth-order valence-electron chi connectivity index (χ4n) is 19.4. The van der Waals surface area contributed by atoms with Gasteiger partial charge in [-0.2, -0.15) is 0 Å². The van der Waals surface area contributed by atoms with Crippen molar-refractivity contribution >= 4 is 99.1 Å². The number of rotatable bonds is 16. The smallest absolute Gasteiger partial charge is 0.228 e. The molecule has 144 heavy (non-hydrogen) atoms. The first-order valence-corrected chi connectivity index (χ1v) is 47.7. The van der Waals surface area contributed by atoms with Gasteiger partial charge in [0.1, 0.15) is 50.0 Å². The molecule has 0 unspecified atom stereocenters. The molecule has 0 spiro atoms. The standard InChI is InChI=1S/C47H29N3O2.2C41H25N3O2/c1-3-12-30(13-4-1)32-24-26-33(27-25-32)39-29-40(49-46(48-39)35-17-9-16-34(28-35)31-14-5-2-6-15-31)36-18-10-22-42-44(36)45-37(19-11-23-43(45)51-42)47-50-38-20-7-8-21-41(38)52-47;1-3-12-26(13-4-1)28-16-9-17-29(24-28)33-25-34(43-40(42-33)27-14-5-2-6-15-27)30-18-10-22-36-38(30)39-31(19-11-23-37(39)45-36)41-44-32-20-7-8-21-35(32)46-41;1-3-11-26(12-4-1)27-21-23-28(24-22-27)33-25-34(43-40(42-33)29-13-5-2-6-14-29)30-15-9-19-36-38(30)39-31(16-10-20-37(39)45-36)41-44-32-17-7-8-18-35(32)46-41/h1-29H;2*1-25H. The number of nitrogens with zero attached hydrogens (tertiary/aromatic N) is 9. The zero-order valence-electron chi connectivity index (χ0n) is 77.1. The fourth-order valence-corrected chi connectivity index (χ4v) is 19.4. The largest absolute Gasteiger partial charge is 0.456 e. The van der Waals surface area contributed by atoms with Crippen molar-refractivity contribution in [2.75, 3.05) is 0 Å². The van der Waals surface area contributed by atoms with E-state index in [0.717, 1.165) is 233 Å². The van der Waals surface area contributed by atoms with E-state index in [0.29, 0.717) is 35.1 Å². The van der Waals surface area contributed by atoms with Crippen LogP contribution in [0.5, 0.6) is 0 Å². The van der Waals surface area contributed by atoms with Crippen LogP contribution in [0, 0.1) is 0 Å².